The summed E-state index contributed by atoms with van der Waals surface area (Å²) in [6, 6.07) is 9.50. The lowest BCUT2D eigenvalue weighted by atomic mass is 10.1. The molecule has 3 N–H and O–H groups in total. The third-order valence-electron chi connectivity index (χ3n) is 4.03. The predicted molar refractivity (Wildman–Crippen MR) is 94.5 cm³/mol. The molecule has 0 fully saturated rings. The van der Waals surface area contributed by atoms with Crippen LogP contribution in [0.15, 0.2) is 55.1 Å². The highest BCUT2D eigenvalue weighted by molar-refractivity contribution is 5.92. The zero-order valence-electron chi connectivity index (χ0n) is 14.0. The molecule has 0 bridgehead atoms. The summed E-state index contributed by atoms with van der Waals surface area (Å²) < 4.78 is 14.8. The van der Waals surface area contributed by atoms with Gasteiger partial charge in [-0.15, -0.1) is 0 Å². The summed E-state index contributed by atoms with van der Waals surface area (Å²) in [6.45, 7) is 0. The van der Waals surface area contributed by atoms with Gasteiger partial charge in [0.1, 0.15) is 29.4 Å². The van der Waals surface area contributed by atoms with Crippen molar-refractivity contribution in [3.05, 3.63) is 77.8 Å². The maximum atomic E-state index is 13.1. The molecule has 27 heavy (non-hydrogen) atoms. The normalized spacial score (nSPS) is 10.9. The Balaban J connectivity index is 1.59. The van der Waals surface area contributed by atoms with Crippen molar-refractivity contribution in [1.29, 1.82) is 0 Å². The fourth-order valence-electron chi connectivity index (χ4n) is 2.63. The summed E-state index contributed by atoms with van der Waals surface area (Å²) in [5.41, 5.74) is 8.38. The number of imidazole rings is 1. The van der Waals surface area contributed by atoms with E-state index in [1.165, 1.54) is 18.3 Å². The first-order chi connectivity index (χ1) is 13.1. The molecule has 9 heteroatoms. The van der Waals surface area contributed by atoms with Crippen molar-refractivity contribution in [3.8, 4) is 17.2 Å². The lowest BCUT2D eigenvalue weighted by Crippen LogP contribution is -2.11. The van der Waals surface area contributed by atoms with E-state index in [9.17, 15) is 9.18 Å². The molecule has 0 saturated heterocycles. The van der Waals surface area contributed by atoms with Crippen LogP contribution in [0.1, 0.15) is 21.6 Å². The van der Waals surface area contributed by atoms with Crippen molar-refractivity contribution in [1.82, 2.24) is 29.9 Å². The van der Waals surface area contributed by atoms with Crippen LogP contribution in [0.5, 0.6) is 0 Å². The topological polar surface area (TPSA) is 115 Å². The summed E-state index contributed by atoms with van der Waals surface area (Å²) in [5, 5.41) is 11.0. The maximum absolute atomic E-state index is 13.1. The standard InChI is InChI=1S/C18H14FN7O/c19-13-4-1-11(2-5-13)7-14-17(24-25-23-14)15-9-26(10-22-15)16-6-3-12(8-21-16)18(20)27/h1-6,8-10H,7H2,(H2,20,27)(H,23,24,25). The first-order valence-electron chi connectivity index (χ1n) is 8.05. The molecule has 3 heterocycles. The Kier molecular flexibility index (Phi) is 4.17. The minimum atomic E-state index is -0.534. The van der Waals surface area contributed by atoms with Gasteiger partial charge in [0.25, 0.3) is 0 Å². The second-order valence-corrected chi connectivity index (χ2v) is 5.86. The molecule has 1 aromatic carbocycles. The third-order valence-corrected chi connectivity index (χ3v) is 4.03. The minimum absolute atomic E-state index is 0.285. The highest BCUT2D eigenvalue weighted by Crippen LogP contribution is 2.21. The van der Waals surface area contributed by atoms with E-state index in [4.69, 9.17) is 5.73 Å². The van der Waals surface area contributed by atoms with Gasteiger partial charge >= 0.3 is 0 Å². The van der Waals surface area contributed by atoms with Crippen molar-refractivity contribution >= 4 is 5.91 Å². The largest absolute Gasteiger partial charge is 0.366 e. The van der Waals surface area contributed by atoms with Gasteiger partial charge in [-0.25, -0.2) is 14.4 Å². The van der Waals surface area contributed by atoms with Crippen molar-refractivity contribution in [2.45, 2.75) is 6.42 Å². The number of aromatic amines is 1. The van der Waals surface area contributed by atoms with Crippen LogP contribution in [-0.2, 0) is 6.42 Å². The predicted octanol–water partition coefficient (Wildman–Crippen LogP) is 1.88. The van der Waals surface area contributed by atoms with Gasteiger partial charge in [0, 0.05) is 18.8 Å². The average molecular weight is 363 g/mol. The Hall–Kier alpha value is -3.88. The average Bonchev–Trinajstić information content (AvgIpc) is 3.33. The molecule has 0 unspecified atom stereocenters. The van der Waals surface area contributed by atoms with Crippen LogP contribution in [0.4, 0.5) is 4.39 Å². The number of pyridine rings is 1. The van der Waals surface area contributed by atoms with E-state index < -0.39 is 5.91 Å². The molecular weight excluding hydrogens is 349 g/mol. The monoisotopic (exact) mass is 363 g/mol. The molecule has 0 atom stereocenters. The zero-order chi connectivity index (χ0) is 18.8. The van der Waals surface area contributed by atoms with E-state index in [2.05, 4.69) is 25.4 Å². The number of benzene rings is 1. The van der Waals surface area contributed by atoms with Crippen molar-refractivity contribution in [3.63, 3.8) is 0 Å². The highest BCUT2D eigenvalue weighted by Gasteiger charge is 2.14. The van der Waals surface area contributed by atoms with E-state index in [0.717, 1.165) is 5.56 Å². The number of hydrogen-bond acceptors (Lipinski definition) is 5. The molecule has 3 aromatic heterocycles. The summed E-state index contributed by atoms with van der Waals surface area (Å²) in [7, 11) is 0. The molecule has 0 aliphatic carbocycles. The fourth-order valence-corrected chi connectivity index (χ4v) is 2.63. The number of H-pyrrole nitrogens is 1. The number of halogens is 1. The van der Waals surface area contributed by atoms with Gasteiger partial charge in [-0.1, -0.05) is 12.1 Å². The van der Waals surface area contributed by atoms with Crippen LogP contribution in [0.2, 0.25) is 0 Å². The van der Waals surface area contributed by atoms with Gasteiger partial charge in [-0.05, 0) is 29.8 Å². The van der Waals surface area contributed by atoms with Gasteiger partial charge in [-0.3, -0.25) is 9.36 Å². The first kappa shape index (κ1) is 16.6. The van der Waals surface area contributed by atoms with E-state index >= 15 is 0 Å². The molecule has 134 valence electrons. The molecule has 4 aromatic rings. The summed E-state index contributed by atoms with van der Waals surface area (Å²) in [6.07, 6.45) is 5.26. The molecule has 0 spiro atoms. The quantitative estimate of drug-likeness (QED) is 0.562. The molecule has 0 aliphatic rings. The van der Waals surface area contributed by atoms with E-state index in [-0.39, 0.29) is 5.82 Å². The van der Waals surface area contributed by atoms with Crippen LogP contribution >= 0.6 is 0 Å². The Morgan fingerprint density at radius 2 is 1.93 bits per heavy atom. The van der Waals surface area contributed by atoms with Crippen LogP contribution in [-0.4, -0.2) is 35.9 Å². The number of carbonyl (C=O) groups is 1. The van der Waals surface area contributed by atoms with Crippen LogP contribution in [0.25, 0.3) is 17.2 Å². The van der Waals surface area contributed by atoms with Crippen LogP contribution in [0.3, 0.4) is 0 Å². The van der Waals surface area contributed by atoms with Crippen molar-refractivity contribution < 1.29 is 9.18 Å². The first-order valence-corrected chi connectivity index (χ1v) is 8.05. The van der Waals surface area contributed by atoms with Gasteiger partial charge in [0.15, 0.2) is 0 Å². The minimum Gasteiger partial charge on any atom is -0.366 e. The zero-order valence-corrected chi connectivity index (χ0v) is 14.0. The lowest BCUT2D eigenvalue weighted by Gasteiger charge is -2.01. The number of nitrogens with zero attached hydrogens (tertiary/aromatic N) is 5. The third kappa shape index (κ3) is 3.43. The Bertz CT molecular complexity index is 1080. The van der Waals surface area contributed by atoms with Crippen LogP contribution in [0, 0.1) is 5.82 Å². The number of primary amides is 1. The molecule has 0 saturated carbocycles. The number of nitrogens with one attached hydrogen (secondary N) is 1. The van der Waals surface area contributed by atoms with Crippen molar-refractivity contribution in [2.75, 3.05) is 0 Å². The van der Waals surface area contributed by atoms with E-state index in [0.29, 0.717) is 34.9 Å². The number of hydrogen-bond donors (Lipinski definition) is 2. The number of rotatable bonds is 5. The second-order valence-electron chi connectivity index (χ2n) is 5.86. The molecule has 0 aliphatic heterocycles. The SMILES string of the molecule is NC(=O)c1ccc(-n2cnc(-c3n[nH]nc3Cc3ccc(F)cc3)c2)nc1. The summed E-state index contributed by atoms with van der Waals surface area (Å²) in [5.74, 6) is -0.233. The molecular formula is C18H14FN7O. The summed E-state index contributed by atoms with van der Waals surface area (Å²) in [4.78, 5) is 19.7. The number of aromatic nitrogens is 6. The van der Waals surface area contributed by atoms with Crippen LogP contribution < -0.4 is 5.73 Å². The number of carbonyl (C=O) groups excluding carboxylic acids is 1. The molecule has 1 amide bonds. The molecule has 4 rings (SSSR count). The fraction of sp³-hybridized carbons (Fsp3) is 0.0556. The Morgan fingerprint density at radius 3 is 2.63 bits per heavy atom. The number of amides is 1. The van der Waals surface area contributed by atoms with Gasteiger partial charge in [0.2, 0.25) is 5.91 Å². The summed E-state index contributed by atoms with van der Waals surface area (Å²) >= 11 is 0. The smallest absolute Gasteiger partial charge is 0.250 e. The number of nitrogens with two attached hydrogens (primary N) is 1. The van der Waals surface area contributed by atoms with Gasteiger partial charge in [-0.2, -0.15) is 15.4 Å². The van der Waals surface area contributed by atoms with Crippen molar-refractivity contribution in [2.24, 2.45) is 5.73 Å². The maximum Gasteiger partial charge on any atom is 0.250 e. The van der Waals surface area contributed by atoms with E-state index in [1.54, 1.807) is 41.4 Å². The lowest BCUT2D eigenvalue weighted by molar-refractivity contribution is 0.1000. The van der Waals surface area contributed by atoms with Gasteiger partial charge in [0.05, 0.1) is 11.3 Å². The Labute approximate surface area is 152 Å². The van der Waals surface area contributed by atoms with Gasteiger partial charge < -0.3 is 5.73 Å². The van der Waals surface area contributed by atoms with E-state index in [1.807, 2.05) is 0 Å². The molecule has 8 nitrogen and oxygen atoms in total. The molecule has 0 radical (unpaired) electrons. The second kappa shape index (κ2) is 6.79. The highest BCUT2D eigenvalue weighted by atomic mass is 19.1. The Morgan fingerprint density at radius 1 is 1.11 bits per heavy atom.